The molecule has 0 bridgehead atoms. The van der Waals surface area contributed by atoms with E-state index in [9.17, 15) is 4.79 Å². The fraction of sp³-hybridized carbons (Fsp3) is 0.562. The largest absolute Gasteiger partial charge is 0.473 e. The van der Waals surface area contributed by atoms with Crippen LogP contribution >= 0.6 is 0 Å². The molecule has 1 heterocycles. The van der Waals surface area contributed by atoms with Gasteiger partial charge in [0.1, 0.15) is 5.75 Å². The summed E-state index contributed by atoms with van der Waals surface area (Å²) in [5.74, 6) is 0.774. The van der Waals surface area contributed by atoms with Crippen molar-refractivity contribution in [3.63, 3.8) is 0 Å². The number of benzene rings is 1. The van der Waals surface area contributed by atoms with Gasteiger partial charge in [-0.25, -0.2) is 4.79 Å². The van der Waals surface area contributed by atoms with Gasteiger partial charge >= 0.3 is 6.03 Å². The normalized spacial score (nSPS) is 15.7. The van der Waals surface area contributed by atoms with Crippen molar-refractivity contribution >= 4 is 6.03 Å². The van der Waals surface area contributed by atoms with Crippen LogP contribution in [0.3, 0.4) is 0 Å². The maximum atomic E-state index is 12.1. The number of urea groups is 1. The van der Waals surface area contributed by atoms with E-state index in [1.165, 1.54) is 11.1 Å². The highest BCUT2D eigenvalue weighted by Crippen LogP contribution is 2.15. The van der Waals surface area contributed by atoms with Crippen LogP contribution in [-0.2, 0) is 0 Å². The molecule has 0 aliphatic carbocycles. The third-order valence-electron chi connectivity index (χ3n) is 4.05. The highest BCUT2D eigenvalue weighted by Gasteiger charge is 2.20. The summed E-state index contributed by atoms with van der Waals surface area (Å²) in [7, 11) is 0. The second-order valence-corrected chi connectivity index (χ2v) is 5.63. The van der Waals surface area contributed by atoms with Crippen molar-refractivity contribution < 1.29 is 9.53 Å². The first-order valence-corrected chi connectivity index (χ1v) is 7.75. The number of ether oxygens (including phenoxy) is 1. The molecule has 0 aromatic heterocycles. The second-order valence-electron chi connectivity index (χ2n) is 5.63. The van der Waals surface area contributed by atoms with Crippen molar-refractivity contribution in [2.45, 2.75) is 13.8 Å². The minimum atomic E-state index is -0.0729. The number of piperazine rings is 1. The Kier molecular flexibility index (Phi) is 6.03. The number of amides is 2. The zero-order valence-corrected chi connectivity index (χ0v) is 13.5. The zero-order valence-electron chi connectivity index (χ0n) is 13.5. The smallest absolute Gasteiger partial charge is 0.320 e. The van der Waals surface area contributed by atoms with Gasteiger partial charge in [0.25, 0.3) is 0 Å². The van der Waals surface area contributed by atoms with Crippen LogP contribution in [0, 0.1) is 13.8 Å². The predicted octanol–water partition coefficient (Wildman–Crippen LogP) is 0.926. The van der Waals surface area contributed by atoms with Crippen molar-refractivity contribution in [1.29, 1.82) is 0 Å². The van der Waals surface area contributed by atoms with Crippen LogP contribution in [0.5, 0.6) is 5.75 Å². The number of nitrogens with two attached hydrogens (primary N) is 1. The van der Waals surface area contributed by atoms with E-state index in [1.54, 1.807) is 0 Å². The average Bonchev–Trinajstić information content (AvgIpc) is 2.52. The summed E-state index contributed by atoms with van der Waals surface area (Å²) in [6.07, 6.45) is 0. The number of nitrogens with one attached hydrogen (secondary N) is 1. The van der Waals surface area contributed by atoms with Crippen LogP contribution in [0.15, 0.2) is 18.2 Å². The summed E-state index contributed by atoms with van der Waals surface area (Å²) in [6, 6.07) is 5.84. The molecular formula is C16H26N4O2. The molecule has 1 aromatic carbocycles. The standard InChI is InChI=1S/C16H26N4O2/c1-13-3-4-15(11-14(13)2)22-12-18-16(21)20-9-7-19(6-5-17)8-10-20/h3-4,11H,5-10,12,17H2,1-2H3,(H,18,21). The minimum absolute atomic E-state index is 0.0729. The third-order valence-corrected chi connectivity index (χ3v) is 4.05. The molecular weight excluding hydrogens is 280 g/mol. The van der Waals surface area contributed by atoms with E-state index in [1.807, 2.05) is 30.0 Å². The van der Waals surface area contributed by atoms with Crippen molar-refractivity contribution in [2.24, 2.45) is 5.73 Å². The highest BCUT2D eigenvalue weighted by molar-refractivity contribution is 5.74. The Hall–Kier alpha value is -1.79. The van der Waals surface area contributed by atoms with Crippen molar-refractivity contribution in [2.75, 3.05) is 46.0 Å². The quantitative estimate of drug-likeness (QED) is 0.794. The Balaban J connectivity index is 1.71. The average molecular weight is 306 g/mol. The molecule has 1 aliphatic rings. The first-order chi connectivity index (χ1) is 10.6. The van der Waals surface area contributed by atoms with Crippen LogP contribution in [0.25, 0.3) is 0 Å². The second kappa shape index (κ2) is 8.00. The van der Waals surface area contributed by atoms with Gasteiger partial charge in [-0.05, 0) is 37.1 Å². The maximum absolute atomic E-state index is 12.1. The lowest BCUT2D eigenvalue weighted by Gasteiger charge is -2.34. The third kappa shape index (κ3) is 4.61. The van der Waals surface area contributed by atoms with Crippen LogP contribution in [0.4, 0.5) is 4.79 Å². The van der Waals surface area contributed by atoms with E-state index in [-0.39, 0.29) is 12.8 Å². The molecule has 1 aliphatic heterocycles. The van der Waals surface area contributed by atoms with Crippen LogP contribution in [0.2, 0.25) is 0 Å². The van der Waals surface area contributed by atoms with E-state index >= 15 is 0 Å². The van der Waals surface area contributed by atoms with Gasteiger partial charge < -0.3 is 20.7 Å². The van der Waals surface area contributed by atoms with Gasteiger partial charge in [0, 0.05) is 39.3 Å². The maximum Gasteiger partial charge on any atom is 0.320 e. The van der Waals surface area contributed by atoms with E-state index in [4.69, 9.17) is 10.5 Å². The Bertz CT molecular complexity index is 499. The van der Waals surface area contributed by atoms with E-state index in [0.29, 0.717) is 6.54 Å². The molecule has 6 heteroatoms. The van der Waals surface area contributed by atoms with Crippen LogP contribution < -0.4 is 15.8 Å². The Morgan fingerprint density at radius 1 is 1.23 bits per heavy atom. The lowest BCUT2D eigenvalue weighted by Crippen LogP contribution is -2.52. The molecule has 1 saturated heterocycles. The first-order valence-electron chi connectivity index (χ1n) is 7.75. The number of rotatable bonds is 5. The van der Waals surface area contributed by atoms with Gasteiger partial charge in [0.2, 0.25) is 0 Å². The Morgan fingerprint density at radius 2 is 1.95 bits per heavy atom. The molecule has 0 unspecified atom stereocenters. The number of hydrogen-bond acceptors (Lipinski definition) is 4. The summed E-state index contributed by atoms with van der Waals surface area (Å²) >= 11 is 0. The van der Waals surface area contributed by atoms with Gasteiger partial charge in [0.05, 0.1) is 0 Å². The number of hydrogen-bond donors (Lipinski definition) is 2. The highest BCUT2D eigenvalue weighted by atomic mass is 16.5. The minimum Gasteiger partial charge on any atom is -0.473 e. The molecule has 0 spiro atoms. The summed E-state index contributed by atoms with van der Waals surface area (Å²) in [5.41, 5.74) is 7.95. The molecule has 0 radical (unpaired) electrons. The molecule has 3 N–H and O–H groups in total. The molecule has 2 amide bonds. The van der Waals surface area contributed by atoms with Crippen molar-refractivity contribution in [1.82, 2.24) is 15.1 Å². The lowest BCUT2D eigenvalue weighted by molar-refractivity contribution is 0.135. The molecule has 0 saturated carbocycles. The Morgan fingerprint density at radius 3 is 2.59 bits per heavy atom. The first kappa shape index (κ1) is 16.6. The van der Waals surface area contributed by atoms with E-state index < -0.39 is 0 Å². The van der Waals surface area contributed by atoms with Crippen molar-refractivity contribution in [3.8, 4) is 5.75 Å². The van der Waals surface area contributed by atoms with Gasteiger partial charge in [-0.1, -0.05) is 6.07 Å². The van der Waals surface area contributed by atoms with Gasteiger partial charge in [0.15, 0.2) is 6.73 Å². The molecule has 0 atom stereocenters. The lowest BCUT2D eigenvalue weighted by atomic mass is 10.1. The van der Waals surface area contributed by atoms with Crippen LogP contribution in [0.1, 0.15) is 11.1 Å². The fourth-order valence-electron chi connectivity index (χ4n) is 2.45. The summed E-state index contributed by atoms with van der Waals surface area (Å²) < 4.78 is 5.58. The monoisotopic (exact) mass is 306 g/mol. The van der Waals surface area contributed by atoms with E-state index in [0.717, 1.165) is 38.5 Å². The SMILES string of the molecule is Cc1ccc(OCNC(=O)N2CCN(CCN)CC2)cc1C. The fourth-order valence-corrected chi connectivity index (χ4v) is 2.45. The molecule has 122 valence electrons. The number of carbonyl (C=O) groups is 1. The van der Waals surface area contributed by atoms with Gasteiger partial charge in [-0.2, -0.15) is 0 Å². The number of aryl methyl sites for hydroxylation is 2. The molecule has 2 rings (SSSR count). The molecule has 6 nitrogen and oxygen atoms in total. The van der Waals surface area contributed by atoms with E-state index in [2.05, 4.69) is 17.1 Å². The topological polar surface area (TPSA) is 70.8 Å². The number of carbonyl (C=O) groups excluding carboxylic acids is 1. The zero-order chi connectivity index (χ0) is 15.9. The van der Waals surface area contributed by atoms with Crippen LogP contribution in [-0.4, -0.2) is 61.8 Å². The summed E-state index contributed by atoms with van der Waals surface area (Å²) in [4.78, 5) is 16.2. The number of nitrogens with zero attached hydrogens (tertiary/aromatic N) is 2. The molecule has 22 heavy (non-hydrogen) atoms. The predicted molar refractivity (Wildman–Crippen MR) is 87.0 cm³/mol. The Labute approximate surface area is 132 Å². The molecule has 1 fully saturated rings. The van der Waals surface area contributed by atoms with Gasteiger partial charge in [-0.3, -0.25) is 4.90 Å². The molecule has 1 aromatic rings. The summed E-state index contributed by atoms with van der Waals surface area (Å²) in [5, 5.41) is 2.80. The van der Waals surface area contributed by atoms with Gasteiger partial charge in [-0.15, -0.1) is 0 Å². The van der Waals surface area contributed by atoms with Crippen molar-refractivity contribution in [3.05, 3.63) is 29.3 Å². The summed E-state index contributed by atoms with van der Waals surface area (Å²) in [6.45, 7) is 9.06.